The molecule has 3 heterocycles. The molecule has 1 saturated heterocycles. The van der Waals surface area contributed by atoms with Gasteiger partial charge in [-0.05, 0) is 44.2 Å². The highest BCUT2D eigenvalue weighted by Gasteiger charge is 2.56. The Kier molecular flexibility index (Phi) is 9.78. The number of aromatic nitrogens is 3. The molecule has 0 saturated carbocycles. The Morgan fingerprint density at radius 3 is 2.69 bits per heavy atom. The number of aliphatic hydroxyl groups excluding tert-OH is 1. The molecule has 1 fully saturated rings. The van der Waals surface area contributed by atoms with Crippen LogP contribution in [0, 0.1) is 0 Å². The monoisotopic (exact) mass is 641 g/mol. The van der Waals surface area contributed by atoms with E-state index in [1.165, 1.54) is 20.2 Å². The molecule has 1 aliphatic heterocycles. The molecule has 1 aliphatic rings. The molecule has 0 radical (unpaired) electrons. The number of nitrogens with two attached hydrogens (primary N) is 1. The molecule has 0 spiro atoms. The molecule has 1 unspecified atom stereocenters. The maximum absolute atomic E-state index is 14.6. The fourth-order valence-electron chi connectivity index (χ4n) is 5.42. The SMILES string of the molecule is CCCCOC(=O)[C@H](C)NP(=O)(Oc1cccc2ccccc12)O[C@H](CC)[C@H]1O[C@@H](n2ccc3c(N)ncnc32)[C@](C)(O)[C@@H]1O. The summed E-state index contributed by atoms with van der Waals surface area (Å²) in [6.07, 6.45) is -0.159. The molecule has 242 valence electrons. The van der Waals surface area contributed by atoms with Crippen molar-refractivity contribution < 1.29 is 38.1 Å². The van der Waals surface area contributed by atoms with E-state index in [0.717, 1.165) is 11.8 Å². The van der Waals surface area contributed by atoms with Crippen LogP contribution >= 0.6 is 7.75 Å². The van der Waals surface area contributed by atoms with Crippen molar-refractivity contribution in [3.63, 3.8) is 0 Å². The van der Waals surface area contributed by atoms with E-state index in [2.05, 4.69) is 15.1 Å². The number of anilines is 1. The highest BCUT2D eigenvalue weighted by molar-refractivity contribution is 7.52. The first-order chi connectivity index (χ1) is 21.5. The number of nitrogen functional groups attached to an aromatic ring is 1. The molecule has 13 nitrogen and oxygen atoms in total. The summed E-state index contributed by atoms with van der Waals surface area (Å²) < 4.78 is 40.0. The van der Waals surface area contributed by atoms with E-state index in [1.54, 1.807) is 35.9 Å². The van der Waals surface area contributed by atoms with Crippen molar-refractivity contribution in [1.29, 1.82) is 0 Å². The molecule has 45 heavy (non-hydrogen) atoms. The number of benzene rings is 2. The first-order valence-corrected chi connectivity index (χ1v) is 16.6. The van der Waals surface area contributed by atoms with Crippen LogP contribution in [0.1, 0.15) is 53.2 Å². The van der Waals surface area contributed by atoms with E-state index in [9.17, 15) is 19.6 Å². The van der Waals surface area contributed by atoms with Crippen molar-refractivity contribution in [2.45, 2.75) is 83.1 Å². The van der Waals surface area contributed by atoms with Crippen molar-refractivity contribution in [1.82, 2.24) is 19.6 Å². The zero-order chi connectivity index (χ0) is 32.4. The summed E-state index contributed by atoms with van der Waals surface area (Å²) in [7, 11) is -4.38. The van der Waals surface area contributed by atoms with E-state index in [1.807, 2.05) is 37.3 Å². The Morgan fingerprint density at radius 2 is 1.93 bits per heavy atom. The summed E-state index contributed by atoms with van der Waals surface area (Å²) in [4.78, 5) is 21.1. The summed E-state index contributed by atoms with van der Waals surface area (Å²) in [5.74, 6) is -0.106. The molecule has 5 N–H and O–H groups in total. The van der Waals surface area contributed by atoms with E-state index in [-0.39, 0.29) is 24.6 Å². The van der Waals surface area contributed by atoms with Gasteiger partial charge in [-0.2, -0.15) is 5.09 Å². The van der Waals surface area contributed by atoms with Gasteiger partial charge in [0.15, 0.2) is 6.23 Å². The van der Waals surface area contributed by atoms with Gasteiger partial charge in [-0.15, -0.1) is 0 Å². The van der Waals surface area contributed by atoms with Crippen molar-refractivity contribution in [3.8, 4) is 5.75 Å². The van der Waals surface area contributed by atoms with Crippen LogP contribution < -0.4 is 15.3 Å². The van der Waals surface area contributed by atoms with Crippen LogP contribution in [-0.4, -0.2) is 67.3 Å². The van der Waals surface area contributed by atoms with E-state index in [4.69, 9.17) is 24.3 Å². The smallest absolute Gasteiger partial charge is 0.459 e. The molecule has 0 aliphatic carbocycles. The van der Waals surface area contributed by atoms with Crippen LogP contribution in [0.15, 0.2) is 61.1 Å². The van der Waals surface area contributed by atoms with Crippen molar-refractivity contribution in [2.75, 3.05) is 12.3 Å². The van der Waals surface area contributed by atoms with Gasteiger partial charge in [-0.25, -0.2) is 14.5 Å². The number of fused-ring (bicyclic) bond motifs is 2. The lowest BCUT2D eigenvalue weighted by molar-refractivity contribution is -0.145. The van der Waals surface area contributed by atoms with Gasteiger partial charge < -0.3 is 34.5 Å². The highest BCUT2D eigenvalue weighted by Crippen LogP contribution is 2.51. The molecule has 0 bridgehead atoms. The van der Waals surface area contributed by atoms with Crippen molar-refractivity contribution in [3.05, 3.63) is 61.1 Å². The average molecular weight is 642 g/mol. The number of carbonyl (C=O) groups is 1. The molecular weight excluding hydrogens is 601 g/mol. The Hall–Kier alpha value is -3.58. The molecule has 5 rings (SSSR count). The Labute approximate surface area is 261 Å². The quantitative estimate of drug-likeness (QED) is 0.0915. The number of rotatable bonds is 13. The van der Waals surface area contributed by atoms with E-state index < -0.39 is 49.9 Å². The van der Waals surface area contributed by atoms with Crippen LogP contribution in [0.25, 0.3) is 21.8 Å². The maximum atomic E-state index is 14.6. The van der Waals surface area contributed by atoms with Crippen LogP contribution in [-0.2, 0) is 23.4 Å². The average Bonchev–Trinajstić information content (AvgIpc) is 3.54. The van der Waals surface area contributed by atoms with Crippen LogP contribution in [0.2, 0.25) is 0 Å². The number of hydrogen-bond donors (Lipinski definition) is 4. The van der Waals surface area contributed by atoms with Crippen molar-refractivity contribution in [2.24, 2.45) is 0 Å². The number of ether oxygens (including phenoxy) is 2. The third kappa shape index (κ3) is 6.69. The summed E-state index contributed by atoms with van der Waals surface area (Å²) in [5.41, 5.74) is 4.58. The third-order valence-electron chi connectivity index (χ3n) is 7.95. The zero-order valence-corrected chi connectivity index (χ0v) is 26.6. The second-order valence-electron chi connectivity index (χ2n) is 11.3. The van der Waals surface area contributed by atoms with Gasteiger partial charge >= 0.3 is 13.7 Å². The largest absolute Gasteiger partial charge is 0.465 e. The number of nitrogens with one attached hydrogen (secondary N) is 1. The summed E-state index contributed by atoms with van der Waals surface area (Å²) >= 11 is 0. The minimum atomic E-state index is -4.38. The predicted molar refractivity (Wildman–Crippen MR) is 168 cm³/mol. The van der Waals surface area contributed by atoms with Crippen LogP contribution in [0.5, 0.6) is 5.75 Å². The number of carbonyl (C=O) groups excluding carboxylic acids is 1. The minimum Gasteiger partial charge on any atom is -0.465 e. The molecule has 2 aromatic heterocycles. The molecular formula is C31H40N5O8P. The van der Waals surface area contributed by atoms with Gasteiger partial charge in [0.2, 0.25) is 0 Å². The topological polar surface area (TPSA) is 180 Å². The van der Waals surface area contributed by atoms with Crippen LogP contribution in [0.4, 0.5) is 5.82 Å². The van der Waals surface area contributed by atoms with Gasteiger partial charge in [0.25, 0.3) is 0 Å². The van der Waals surface area contributed by atoms with Gasteiger partial charge in [0.1, 0.15) is 47.4 Å². The first-order valence-electron chi connectivity index (χ1n) is 15.0. The van der Waals surface area contributed by atoms with Gasteiger partial charge in [0, 0.05) is 11.6 Å². The lowest BCUT2D eigenvalue weighted by atomic mass is 9.93. The highest BCUT2D eigenvalue weighted by atomic mass is 31.2. The molecule has 2 aromatic carbocycles. The zero-order valence-electron chi connectivity index (χ0n) is 25.7. The fourth-order valence-corrected chi connectivity index (χ4v) is 7.20. The summed E-state index contributed by atoms with van der Waals surface area (Å²) in [5, 5.41) is 27.7. The number of hydrogen-bond acceptors (Lipinski definition) is 11. The number of esters is 1. The Balaban J connectivity index is 1.45. The predicted octanol–water partition coefficient (Wildman–Crippen LogP) is 4.48. The maximum Gasteiger partial charge on any atom is 0.459 e. The number of unbranched alkanes of at least 4 members (excludes halogenated alkanes) is 1. The Morgan fingerprint density at radius 1 is 1.18 bits per heavy atom. The van der Waals surface area contributed by atoms with Crippen molar-refractivity contribution >= 4 is 41.3 Å². The third-order valence-corrected chi connectivity index (χ3v) is 9.64. The van der Waals surface area contributed by atoms with Gasteiger partial charge in [0.05, 0.1) is 18.1 Å². The first kappa shape index (κ1) is 32.8. The standard InChI is InChI=1S/C31H40N5O8P/c1-5-7-17-41-29(38)19(3)35-45(40,44-24-14-10-12-20-11-8-9-13-21(20)24)43-23(6-2)25-26(37)31(4,39)30(42-25)36-16-15-22-27(32)33-18-34-28(22)36/h8-16,18-19,23,25-26,30,37,39H,5-7,17H2,1-4H3,(H,35,40)(H2,32,33,34)/t19-,23+,25+,26+,30+,31+,45?/m0/s1. The lowest BCUT2D eigenvalue weighted by Gasteiger charge is -2.31. The van der Waals surface area contributed by atoms with Gasteiger partial charge in [-0.3, -0.25) is 9.32 Å². The van der Waals surface area contributed by atoms with E-state index in [0.29, 0.717) is 22.8 Å². The summed E-state index contributed by atoms with van der Waals surface area (Å²) in [6, 6.07) is 13.3. The summed E-state index contributed by atoms with van der Waals surface area (Å²) in [6.45, 7) is 6.89. The molecule has 0 amide bonds. The van der Waals surface area contributed by atoms with E-state index >= 15 is 0 Å². The molecule has 4 aromatic rings. The van der Waals surface area contributed by atoms with Gasteiger partial charge in [-0.1, -0.05) is 56.7 Å². The Bertz CT molecular complexity index is 1690. The van der Waals surface area contributed by atoms with Crippen LogP contribution in [0.3, 0.4) is 0 Å². The fraction of sp³-hybridized carbons (Fsp3) is 0.452. The number of nitrogens with zero attached hydrogens (tertiary/aromatic N) is 3. The lowest BCUT2D eigenvalue weighted by Crippen LogP contribution is -2.47. The second kappa shape index (κ2) is 13.4. The number of aliphatic hydroxyl groups is 2. The second-order valence-corrected chi connectivity index (χ2v) is 13.0. The molecule has 14 heteroatoms. The minimum absolute atomic E-state index is 0.200. The molecule has 7 atom stereocenters. The normalized spacial score (nSPS) is 24.4.